The molecule has 4 heterocycles. The molecule has 0 fully saturated rings. The maximum absolute atomic E-state index is 2.38. The molecule has 32 heavy (non-hydrogen) atoms. The molecule has 0 bridgehead atoms. The molecule has 4 aromatic rings. The Morgan fingerprint density at radius 2 is 0.875 bits per heavy atom. The lowest BCUT2D eigenvalue weighted by molar-refractivity contribution is 1.49. The highest BCUT2D eigenvalue weighted by atomic mass is 33.1. The lowest BCUT2D eigenvalue weighted by atomic mass is 10.1. The van der Waals surface area contributed by atoms with Gasteiger partial charge in [0, 0.05) is 19.5 Å². The van der Waals surface area contributed by atoms with Gasteiger partial charge in [0.1, 0.15) is 0 Å². The highest BCUT2D eigenvalue weighted by Crippen LogP contribution is 2.52. The normalized spacial score (nSPS) is 20.2. The first-order valence-corrected chi connectivity index (χ1v) is 16.0. The van der Waals surface area contributed by atoms with Crippen LogP contribution in [0, 0.1) is 0 Å². The van der Waals surface area contributed by atoms with Crippen molar-refractivity contribution >= 4 is 89.2 Å². The van der Waals surface area contributed by atoms with E-state index in [4.69, 9.17) is 0 Å². The van der Waals surface area contributed by atoms with Crippen LogP contribution in [0.2, 0.25) is 0 Å². The van der Waals surface area contributed by atoms with E-state index in [0.29, 0.717) is 10.5 Å². The summed E-state index contributed by atoms with van der Waals surface area (Å²) in [5, 5.41) is 9.44. The first-order valence-electron chi connectivity index (χ1n) is 10.2. The quantitative estimate of drug-likeness (QED) is 0.222. The van der Waals surface area contributed by atoms with Crippen LogP contribution >= 0.6 is 66.9 Å². The van der Waals surface area contributed by atoms with Crippen molar-refractivity contribution in [3.05, 3.63) is 114 Å². The maximum atomic E-state index is 2.38. The van der Waals surface area contributed by atoms with Crippen LogP contribution < -0.4 is 0 Å². The van der Waals surface area contributed by atoms with E-state index in [1.165, 1.54) is 41.8 Å². The summed E-state index contributed by atoms with van der Waals surface area (Å²) >= 11 is 7.34. The predicted octanol–water partition coefficient (Wildman–Crippen LogP) is 9.71. The molecule has 0 N–H and O–H groups in total. The van der Waals surface area contributed by atoms with Gasteiger partial charge in [0.15, 0.2) is 0 Å². The number of rotatable bonds is 7. The van der Waals surface area contributed by atoms with Gasteiger partial charge in [0.25, 0.3) is 0 Å². The van der Waals surface area contributed by atoms with Crippen LogP contribution in [0.25, 0.3) is 22.3 Å². The highest BCUT2D eigenvalue weighted by molar-refractivity contribution is 8.77. The molecule has 0 aliphatic heterocycles. The third-order valence-corrected chi connectivity index (χ3v) is 11.9. The lowest BCUT2D eigenvalue weighted by Crippen LogP contribution is -2.02. The SMILES string of the molecule is C1=CC(SSC2C=CC(c3cccs3)=C2c2cccs2)C(c2cccs2)=C1c1cccs1. The molecular weight excluding hydrogens is 505 g/mol. The molecule has 158 valence electrons. The molecule has 6 heteroatoms. The predicted molar refractivity (Wildman–Crippen MR) is 152 cm³/mol. The molecule has 6 rings (SSSR count). The van der Waals surface area contributed by atoms with Crippen molar-refractivity contribution in [2.24, 2.45) is 0 Å². The Morgan fingerprint density at radius 3 is 1.22 bits per heavy atom. The van der Waals surface area contributed by atoms with Crippen LogP contribution in [0.3, 0.4) is 0 Å². The van der Waals surface area contributed by atoms with E-state index in [1.807, 2.05) is 66.9 Å². The largest absolute Gasteiger partial charge is 0.144 e. The van der Waals surface area contributed by atoms with Gasteiger partial charge >= 0.3 is 0 Å². The molecule has 2 atom stereocenters. The molecule has 2 aliphatic carbocycles. The molecule has 4 aromatic heterocycles. The summed E-state index contributed by atoms with van der Waals surface area (Å²) in [6.45, 7) is 0. The molecule has 0 amide bonds. The highest BCUT2D eigenvalue weighted by Gasteiger charge is 2.29. The van der Waals surface area contributed by atoms with Crippen LogP contribution in [-0.2, 0) is 0 Å². The van der Waals surface area contributed by atoms with Gasteiger partial charge < -0.3 is 0 Å². The van der Waals surface area contributed by atoms with Gasteiger partial charge in [0.2, 0.25) is 0 Å². The fourth-order valence-electron chi connectivity index (χ4n) is 4.03. The third-order valence-electron chi connectivity index (χ3n) is 5.43. The van der Waals surface area contributed by atoms with Crippen LogP contribution in [0.5, 0.6) is 0 Å². The smallest absolute Gasteiger partial charge is 0.0605 e. The van der Waals surface area contributed by atoms with E-state index < -0.39 is 0 Å². The monoisotopic (exact) mass is 522 g/mol. The third kappa shape index (κ3) is 3.98. The molecule has 0 radical (unpaired) electrons. The Balaban J connectivity index is 1.30. The molecule has 0 spiro atoms. The van der Waals surface area contributed by atoms with Gasteiger partial charge in [0.05, 0.1) is 10.5 Å². The minimum atomic E-state index is 0.361. The Labute approximate surface area is 212 Å². The molecule has 2 aliphatic rings. The zero-order valence-corrected chi connectivity index (χ0v) is 21.7. The van der Waals surface area contributed by atoms with Crippen molar-refractivity contribution in [3.63, 3.8) is 0 Å². The Kier molecular flexibility index (Phi) is 6.16. The summed E-state index contributed by atoms with van der Waals surface area (Å²) < 4.78 is 0. The Hall–Kier alpha value is -1.54. The van der Waals surface area contributed by atoms with Gasteiger partial charge in [-0.05, 0) is 68.1 Å². The first-order chi connectivity index (χ1) is 15.9. The fraction of sp³-hybridized carbons (Fsp3) is 0.0769. The molecule has 0 nitrogen and oxygen atoms in total. The van der Waals surface area contributed by atoms with Crippen molar-refractivity contribution in [1.82, 2.24) is 0 Å². The Morgan fingerprint density at radius 1 is 0.500 bits per heavy atom. The average molecular weight is 523 g/mol. The van der Waals surface area contributed by atoms with Crippen LogP contribution in [0.4, 0.5) is 0 Å². The van der Waals surface area contributed by atoms with Gasteiger partial charge in [-0.2, -0.15) is 0 Å². The second-order valence-corrected chi connectivity index (χ2v) is 13.7. The van der Waals surface area contributed by atoms with Gasteiger partial charge in [-0.15, -0.1) is 45.3 Å². The summed E-state index contributed by atoms with van der Waals surface area (Å²) in [5.41, 5.74) is 5.69. The van der Waals surface area contributed by atoms with Gasteiger partial charge in [-0.1, -0.05) is 70.2 Å². The van der Waals surface area contributed by atoms with Crippen molar-refractivity contribution in [1.29, 1.82) is 0 Å². The second kappa shape index (κ2) is 9.37. The minimum absolute atomic E-state index is 0.361. The summed E-state index contributed by atoms with van der Waals surface area (Å²) in [5.74, 6) is 0. The van der Waals surface area contributed by atoms with E-state index in [9.17, 15) is 0 Å². The average Bonchev–Trinajstić information content (AvgIpc) is 3.66. The standard InChI is InChI=1S/C26H18S6/c1-5-19(27-13-1)17-9-11-23(25(17)21-7-3-15-29-21)31-32-24-12-10-18(20-6-2-14-28-20)26(24)22-8-4-16-30-22/h1-16,23-24H. The van der Waals surface area contributed by atoms with E-state index in [-0.39, 0.29) is 0 Å². The van der Waals surface area contributed by atoms with Gasteiger partial charge in [-0.3, -0.25) is 0 Å². The number of hydrogen-bond acceptors (Lipinski definition) is 6. The van der Waals surface area contributed by atoms with Crippen LogP contribution in [-0.4, -0.2) is 10.5 Å². The zero-order chi connectivity index (χ0) is 21.3. The number of hydrogen-bond donors (Lipinski definition) is 0. The van der Waals surface area contributed by atoms with Crippen molar-refractivity contribution in [3.8, 4) is 0 Å². The summed E-state index contributed by atoms with van der Waals surface area (Å²) in [6, 6.07) is 17.6. The van der Waals surface area contributed by atoms with E-state index in [2.05, 4.69) is 94.4 Å². The van der Waals surface area contributed by atoms with Crippen molar-refractivity contribution in [2.45, 2.75) is 10.5 Å². The molecule has 0 saturated heterocycles. The van der Waals surface area contributed by atoms with Crippen molar-refractivity contribution in [2.75, 3.05) is 0 Å². The summed E-state index contributed by atoms with van der Waals surface area (Å²) in [7, 11) is 3.99. The summed E-state index contributed by atoms with van der Waals surface area (Å²) in [4.78, 5) is 5.48. The van der Waals surface area contributed by atoms with E-state index in [0.717, 1.165) is 0 Å². The second-order valence-electron chi connectivity index (χ2n) is 7.32. The lowest BCUT2D eigenvalue weighted by Gasteiger charge is -2.18. The number of allylic oxidation sites excluding steroid dienone is 4. The summed E-state index contributed by atoms with van der Waals surface area (Å²) in [6.07, 6.45) is 9.43. The van der Waals surface area contributed by atoms with Crippen molar-refractivity contribution < 1.29 is 0 Å². The zero-order valence-electron chi connectivity index (χ0n) is 16.8. The minimum Gasteiger partial charge on any atom is -0.144 e. The molecule has 2 unspecified atom stereocenters. The molecule has 0 saturated carbocycles. The number of thiophene rings is 4. The van der Waals surface area contributed by atoms with Gasteiger partial charge in [-0.25, -0.2) is 0 Å². The van der Waals surface area contributed by atoms with E-state index in [1.54, 1.807) is 0 Å². The van der Waals surface area contributed by atoms with Crippen LogP contribution in [0.1, 0.15) is 19.5 Å². The van der Waals surface area contributed by atoms with E-state index >= 15 is 0 Å². The first kappa shape index (κ1) is 21.0. The van der Waals surface area contributed by atoms with Crippen LogP contribution in [0.15, 0.2) is 94.4 Å². The topological polar surface area (TPSA) is 0 Å². The molecular formula is C26H18S6. The molecule has 0 aromatic carbocycles. The fourth-order valence-corrected chi connectivity index (χ4v) is 10.3. The Bertz CT molecular complexity index is 1190. The maximum Gasteiger partial charge on any atom is 0.0605 e.